The van der Waals surface area contributed by atoms with Gasteiger partial charge in [-0.1, -0.05) is 30.4 Å². The van der Waals surface area contributed by atoms with Crippen molar-refractivity contribution in [2.24, 2.45) is 0 Å². The molecule has 0 saturated heterocycles. The Balaban J connectivity index is 1.78. The monoisotopic (exact) mass is 358 g/mol. The van der Waals surface area contributed by atoms with Crippen LogP contribution in [0.3, 0.4) is 0 Å². The molecule has 3 heterocycles. The van der Waals surface area contributed by atoms with Crippen LogP contribution in [0.4, 0.5) is 5.82 Å². The number of fused-ring (bicyclic) bond motifs is 1. The van der Waals surface area contributed by atoms with Crippen molar-refractivity contribution in [3.8, 4) is 22.8 Å². The number of allylic oxidation sites excluding steroid dienone is 4. The molecular formula is C20H18N6O. The van der Waals surface area contributed by atoms with Crippen LogP contribution >= 0.6 is 0 Å². The van der Waals surface area contributed by atoms with Crippen LogP contribution < -0.4 is 5.73 Å². The molecule has 4 aromatic rings. The van der Waals surface area contributed by atoms with Crippen molar-refractivity contribution in [2.75, 3.05) is 5.73 Å². The maximum Gasteiger partial charge on any atom is 0.270 e. The average molecular weight is 358 g/mol. The van der Waals surface area contributed by atoms with E-state index in [1.807, 2.05) is 62.5 Å². The van der Waals surface area contributed by atoms with Crippen molar-refractivity contribution in [1.82, 2.24) is 25.1 Å². The molecule has 0 amide bonds. The Morgan fingerprint density at radius 2 is 2.11 bits per heavy atom. The minimum Gasteiger partial charge on any atom is -0.415 e. The molecule has 0 aliphatic heterocycles. The van der Waals surface area contributed by atoms with E-state index < -0.39 is 0 Å². The van der Waals surface area contributed by atoms with E-state index in [-0.39, 0.29) is 11.7 Å². The summed E-state index contributed by atoms with van der Waals surface area (Å²) in [6.07, 6.45) is 9.27. The molecule has 0 saturated carbocycles. The number of nitrogens with one attached hydrogen (secondary N) is 1. The van der Waals surface area contributed by atoms with E-state index in [1.165, 1.54) is 0 Å². The Bertz CT molecular complexity index is 1170. The number of hydrogen-bond donors (Lipinski definition) is 2. The summed E-state index contributed by atoms with van der Waals surface area (Å²) in [5.41, 5.74) is 9.91. The highest BCUT2D eigenvalue weighted by Gasteiger charge is 2.17. The van der Waals surface area contributed by atoms with E-state index in [4.69, 9.17) is 10.2 Å². The number of benzene rings is 1. The predicted octanol–water partition coefficient (Wildman–Crippen LogP) is 4.24. The summed E-state index contributed by atoms with van der Waals surface area (Å²) >= 11 is 0. The second-order valence-corrected chi connectivity index (χ2v) is 6.02. The highest BCUT2D eigenvalue weighted by atomic mass is 16.4. The molecule has 134 valence electrons. The van der Waals surface area contributed by atoms with E-state index in [9.17, 15) is 0 Å². The van der Waals surface area contributed by atoms with Crippen LogP contribution in [0.1, 0.15) is 19.7 Å². The first-order valence-corrected chi connectivity index (χ1v) is 8.50. The van der Waals surface area contributed by atoms with Crippen LogP contribution in [0.15, 0.2) is 59.3 Å². The fraction of sp³-hybridized carbons (Fsp3) is 0.100. The first-order chi connectivity index (χ1) is 13.2. The van der Waals surface area contributed by atoms with Gasteiger partial charge in [-0.25, -0.2) is 9.97 Å². The van der Waals surface area contributed by atoms with Gasteiger partial charge < -0.3 is 15.1 Å². The van der Waals surface area contributed by atoms with Crippen LogP contribution in [0.2, 0.25) is 0 Å². The molecule has 0 aliphatic rings. The van der Waals surface area contributed by atoms with Gasteiger partial charge in [-0.2, -0.15) is 0 Å². The van der Waals surface area contributed by atoms with Gasteiger partial charge in [0.2, 0.25) is 5.89 Å². The molecule has 0 aliphatic carbocycles. The van der Waals surface area contributed by atoms with Crippen LogP contribution in [0.5, 0.6) is 0 Å². The molecule has 0 unspecified atom stereocenters. The third-order valence-electron chi connectivity index (χ3n) is 4.18. The fourth-order valence-corrected chi connectivity index (χ4v) is 2.78. The SMILES string of the molecule is C/C=C\C=C(/C)c1nnc(-c2nc(-c3cccc4[nH]ccc34)cnc2N)o1. The summed E-state index contributed by atoms with van der Waals surface area (Å²) < 4.78 is 5.76. The lowest BCUT2D eigenvalue weighted by molar-refractivity contribution is 0.551. The summed E-state index contributed by atoms with van der Waals surface area (Å²) in [6, 6.07) is 7.96. The minimum atomic E-state index is 0.241. The smallest absolute Gasteiger partial charge is 0.270 e. The van der Waals surface area contributed by atoms with Gasteiger partial charge in [0.1, 0.15) is 0 Å². The second-order valence-electron chi connectivity index (χ2n) is 6.02. The zero-order valence-corrected chi connectivity index (χ0v) is 15.0. The molecule has 0 spiro atoms. The number of aromatic amines is 1. The number of hydrogen-bond acceptors (Lipinski definition) is 6. The predicted molar refractivity (Wildman–Crippen MR) is 105 cm³/mol. The maximum absolute atomic E-state index is 6.02. The summed E-state index contributed by atoms with van der Waals surface area (Å²) in [5, 5.41) is 9.23. The van der Waals surface area contributed by atoms with Crippen molar-refractivity contribution in [3.63, 3.8) is 0 Å². The molecule has 0 fully saturated rings. The Morgan fingerprint density at radius 1 is 1.22 bits per heavy atom. The molecule has 0 atom stereocenters. The van der Waals surface area contributed by atoms with Crippen LogP contribution in [0.25, 0.3) is 39.3 Å². The largest absolute Gasteiger partial charge is 0.415 e. The van der Waals surface area contributed by atoms with Crippen molar-refractivity contribution < 1.29 is 4.42 Å². The molecule has 27 heavy (non-hydrogen) atoms. The van der Waals surface area contributed by atoms with Crippen LogP contribution in [-0.2, 0) is 0 Å². The van der Waals surface area contributed by atoms with E-state index in [2.05, 4.69) is 25.1 Å². The zero-order valence-electron chi connectivity index (χ0n) is 15.0. The maximum atomic E-state index is 6.02. The molecule has 1 aromatic carbocycles. The molecule has 0 bridgehead atoms. The molecule has 7 heteroatoms. The first-order valence-electron chi connectivity index (χ1n) is 8.50. The molecular weight excluding hydrogens is 340 g/mol. The summed E-state index contributed by atoms with van der Waals surface area (Å²) in [5.74, 6) is 0.902. The number of nitrogens with two attached hydrogens (primary N) is 1. The lowest BCUT2D eigenvalue weighted by atomic mass is 10.1. The minimum absolute atomic E-state index is 0.241. The number of aromatic nitrogens is 5. The number of nitrogens with zero attached hydrogens (tertiary/aromatic N) is 4. The third kappa shape index (κ3) is 3.10. The van der Waals surface area contributed by atoms with E-state index in [1.54, 1.807) is 6.20 Å². The van der Waals surface area contributed by atoms with Gasteiger partial charge in [-0.15, -0.1) is 10.2 Å². The molecule has 7 nitrogen and oxygen atoms in total. The third-order valence-corrected chi connectivity index (χ3v) is 4.18. The van der Waals surface area contributed by atoms with Crippen molar-refractivity contribution in [1.29, 1.82) is 0 Å². The van der Waals surface area contributed by atoms with Crippen molar-refractivity contribution in [3.05, 3.63) is 60.8 Å². The summed E-state index contributed by atoms with van der Waals surface area (Å²) in [4.78, 5) is 12.1. The lowest BCUT2D eigenvalue weighted by Crippen LogP contribution is -1.99. The Morgan fingerprint density at radius 3 is 2.96 bits per heavy atom. The number of rotatable bonds is 4. The van der Waals surface area contributed by atoms with Gasteiger partial charge in [0.15, 0.2) is 11.5 Å². The summed E-state index contributed by atoms with van der Waals surface area (Å²) in [7, 11) is 0. The Labute approximate surface area is 155 Å². The Kier molecular flexibility index (Phi) is 4.25. The molecule has 0 radical (unpaired) electrons. The van der Waals surface area contributed by atoms with E-state index in [0.29, 0.717) is 17.3 Å². The molecule has 4 rings (SSSR count). The summed E-state index contributed by atoms with van der Waals surface area (Å²) in [6.45, 7) is 3.84. The highest BCUT2D eigenvalue weighted by molar-refractivity contribution is 5.94. The number of H-pyrrole nitrogens is 1. The second kappa shape index (κ2) is 6.87. The highest BCUT2D eigenvalue weighted by Crippen LogP contribution is 2.30. The Hall–Kier alpha value is -3.74. The molecule has 3 N–H and O–H groups in total. The van der Waals surface area contributed by atoms with Crippen LogP contribution in [0, 0.1) is 0 Å². The standard InChI is InChI=1S/C20H18N6O/c1-3-4-6-12(2)19-25-26-20(27-19)17-18(21)23-11-16(24-17)13-7-5-8-15-14(13)9-10-22-15/h3-11,22H,1-2H3,(H2,21,23)/b4-3-,12-6+. The van der Waals surface area contributed by atoms with Crippen LogP contribution in [-0.4, -0.2) is 25.1 Å². The van der Waals surface area contributed by atoms with Gasteiger partial charge in [0.05, 0.1) is 11.9 Å². The average Bonchev–Trinajstić information content (AvgIpc) is 3.35. The van der Waals surface area contributed by atoms with E-state index >= 15 is 0 Å². The topological polar surface area (TPSA) is 107 Å². The quantitative estimate of drug-likeness (QED) is 0.529. The zero-order chi connectivity index (χ0) is 18.8. The van der Waals surface area contributed by atoms with Crippen molar-refractivity contribution >= 4 is 22.3 Å². The van der Waals surface area contributed by atoms with Crippen molar-refractivity contribution in [2.45, 2.75) is 13.8 Å². The fourth-order valence-electron chi connectivity index (χ4n) is 2.78. The lowest BCUT2D eigenvalue weighted by Gasteiger charge is -2.06. The first kappa shape index (κ1) is 16.7. The van der Waals surface area contributed by atoms with Gasteiger partial charge >= 0.3 is 0 Å². The van der Waals surface area contributed by atoms with Gasteiger partial charge in [-0.3, -0.25) is 0 Å². The van der Waals surface area contributed by atoms with Gasteiger partial charge in [-0.05, 0) is 26.0 Å². The molecule has 3 aromatic heterocycles. The van der Waals surface area contributed by atoms with Gasteiger partial charge in [0.25, 0.3) is 5.89 Å². The van der Waals surface area contributed by atoms with E-state index in [0.717, 1.165) is 22.0 Å². The number of anilines is 1. The van der Waals surface area contributed by atoms with Gasteiger partial charge in [0, 0.05) is 28.2 Å². The normalized spacial score (nSPS) is 12.3. The number of nitrogen functional groups attached to an aromatic ring is 1.